The Hall–Kier alpha value is -4.27. The van der Waals surface area contributed by atoms with Crippen molar-refractivity contribution in [3.05, 3.63) is 60.8 Å². The second-order valence-electron chi connectivity index (χ2n) is 8.56. The van der Waals surface area contributed by atoms with Crippen molar-refractivity contribution in [3.63, 3.8) is 0 Å². The van der Waals surface area contributed by atoms with E-state index in [1.807, 2.05) is 28.9 Å². The Morgan fingerprint density at radius 2 is 1.88 bits per heavy atom. The molecule has 0 saturated heterocycles. The van der Waals surface area contributed by atoms with Gasteiger partial charge in [0.1, 0.15) is 23.5 Å². The highest BCUT2D eigenvalue weighted by molar-refractivity contribution is 6.06. The average Bonchev–Trinajstić information content (AvgIpc) is 3.36. The smallest absolute Gasteiger partial charge is 0.272 e. The zero-order valence-electron chi connectivity index (χ0n) is 17.9. The van der Waals surface area contributed by atoms with Gasteiger partial charge in [0.2, 0.25) is 0 Å². The van der Waals surface area contributed by atoms with E-state index in [2.05, 4.69) is 46.0 Å². The van der Waals surface area contributed by atoms with Gasteiger partial charge in [-0.05, 0) is 45.0 Å². The van der Waals surface area contributed by atoms with Crippen LogP contribution >= 0.6 is 0 Å². The second kappa shape index (κ2) is 7.16. The third-order valence-corrected chi connectivity index (χ3v) is 5.21. The first-order valence-electron chi connectivity index (χ1n) is 10.2. The predicted octanol–water partition coefficient (Wildman–Crippen LogP) is 3.96. The summed E-state index contributed by atoms with van der Waals surface area (Å²) in [6, 6.07) is 11.2. The first kappa shape index (κ1) is 19.7. The van der Waals surface area contributed by atoms with Crippen LogP contribution in [0.15, 0.2) is 55.1 Å². The average molecular weight is 426 g/mol. The molecule has 0 radical (unpaired) electrons. The zero-order valence-corrected chi connectivity index (χ0v) is 17.9. The van der Waals surface area contributed by atoms with Crippen molar-refractivity contribution in [2.45, 2.75) is 26.3 Å². The number of nitrogen functional groups attached to an aromatic ring is 1. The fraction of sp³-hybridized carbons (Fsp3) is 0.174. The van der Waals surface area contributed by atoms with E-state index in [9.17, 15) is 4.79 Å². The molecule has 5 rings (SSSR count). The summed E-state index contributed by atoms with van der Waals surface area (Å²) in [5.41, 5.74) is 10.1. The lowest BCUT2D eigenvalue weighted by Gasteiger charge is -2.19. The number of carbonyl (C=O) groups is 1. The molecule has 160 valence electrons. The Morgan fingerprint density at radius 1 is 1.09 bits per heavy atom. The molecule has 0 aliphatic heterocycles. The normalized spacial score (nSPS) is 11.8. The molecular formula is C23H22N8O. The van der Waals surface area contributed by atoms with Crippen molar-refractivity contribution in [3.8, 4) is 11.3 Å². The molecule has 4 N–H and O–H groups in total. The van der Waals surface area contributed by atoms with Crippen LogP contribution in [0.3, 0.4) is 0 Å². The molecule has 0 saturated carbocycles. The van der Waals surface area contributed by atoms with Gasteiger partial charge < -0.3 is 16.0 Å². The van der Waals surface area contributed by atoms with Crippen LogP contribution in [0.5, 0.6) is 0 Å². The Balaban J connectivity index is 1.58. The van der Waals surface area contributed by atoms with Crippen LogP contribution in [0.2, 0.25) is 0 Å². The highest BCUT2D eigenvalue weighted by atomic mass is 16.1. The van der Waals surface area contributed by atoms with E-state index in [1.54, 1.807) is 24.5 Å². The lowest BCUT2D eigenvalue weighted by molar-refractivity contribution is 0.102. The topological polar surface area (TPSA) is 127 Å². The number of hydrogen-bond donors (Lipinski definition) is 3. The number of nitrogens with zero attached hydrogens (tertiary/aromatic N) is 5. The van der Waals surface area contributed by atoms with Gasteiger partial charge in [0, 0.05) is 34.5 Å². The van der Waals surface area contributed by atoms with Gasteiger partial charge in [-0.15, -0.1) is 0 Å². The summed E-state index contributed by atoms with van der Waals surface area (Å²) in [5.74, 6) is 0.151. The molecule has 0 bridgehead atoms. The summed E-state index contributed by atoms with van der Waals surface area (Å²) in [4.78, 5) is 28.4. The number of nitrogens with one attached hydrogen (secondary N) is 2. The van der Waals surface area contributed by atoms with Gasteiger partial charge in [-0.25, -0.2) is 14.6 Å². The second-order valence-corrected chi connectivity index (χ2v) is 8.56. The fourth-order valence-corrected chi connectivity index (χ4v) is 3.67. The molecule has 4 heterocycles. The van der Waals surface area contributed by atoms with E-state index in [0.717, 1.165) is 16.5 Å². The molecule has 5 aromatic rings. The SMILES string of the molecule is CC(C)(C)n1nc(-c2ccc3cc(C(=O)Nc4ccncc4)[nH]c3c2)c2c(N)ncnc21. The standard InChI is InChI=1S/C23H22N8O/c1-23(2,3)31-21-18(20(24)26-12-27-21)19(30-31)14-5-4-13-10-17(29-16(13)11-14)22(32)28-15-6-8-25-9-7-15/h4-12,29H,1-3H3,(H2,24,26,27)(H,25,28,32). The molecule has 9 heteroatoms. The summed E-state index contributed by atoms with van der Waals surface area (Å²) in [6.45, 7) is 6.18. The van der Waals surface area contributed by atoms with E-state index in [-0.39, 0.29) is 11.4 Å². The first-order chi connectivity index (χ1) is 15.3. The fourth-order valence-electron chi connectivity index (χ4n) is 3.67. The molecule has 1 aromatic carbocycles. The Labute approximate surface area is 183 Å². The number of anilines is 2. The van der Waals surface area contributed by atoms with Gasteiger partial charge >= 0.3 is 0 Å². The molecule has 0 spiro atoms. The van der Waals surface area contributed by atoms with Gasteiger partial charge in [0.25, 0.3) is 5.91 Å². The van der Waals surface area contributed by atoms with Gasteiger partial charge in [-0.3, -0.25) is 9.78 Å². The quantitative estimate of drug-likeness (QED) is 0.401. The Bertz CT molecular complexity index is 1460. The number of hydrogen-bond acceptors (Lipinski definition) is 6. The van der Waals surface area contributed by atoms with Gasteiger partial charge in [-0.2, -0.15) is 5.10 Å². The minimum Gasteiger partial charge on any atom is -0.383 e. The maximum absolute atomic E-state index is 12.7. The number of amides is 1. The monoisotopic (exact) mass is 426 g/mol. The van der Waals surface area contributed by atoms with Crippen molar-refractivity contribution < 1.29 is 4.79 Å². The van der Waals surface area contributed by atoms with Crippen molar-refractivity contribution in [2.75, 3.05) is 11.1 Å². The number of fused-ring (bicyclic) bond motifs is 2. The highest BCUT2D eigenvalue weighted by Crippen LogP contribution is 2.34. The molecule has 1 amide bonds. The molecule has 0 aliphatic rings. The van der Waals surface area contributed by atoms with E-state index in [0.29, 0.717) is 33.9 Å². The number of carbonyl (C=O) groups excluding carboxylic acids is 1. The molecule has 9 nitrogen and oxygen atoms in total. The first-order valence-corrected chi connectivity index (χ1v) is 10.2. The lowest BCUT2D eigenvalue weighted by atomic mass is 10.1. The summed E-state index contributed by atoms with van der Waals surface area (Å²) >= 11 is 0. The van der Waals surface area contributed by atoms with Crippen molar-refractivity contribution in [1.82, 2.24) is 29.7 Å². The number of H-pyrrole nitrogens is 1. The summed E-state index contributed by atoms with van der Waals surface area (Å²) < 4.78 is 1.86. The Kier molecular flexibility index (Phi) is 4.40. The third kappa shape index (κ3) is 3.33. The lowest BCUT2D eigenvalue weighted by Crippen LogP contribution is -2.23. The van der Waals surface area contributed by atoms with Crippen LogP contribution < -0.4 is 11.1 Å². The largest absolute Gasteiger partial charge is 0.383 e. The van der Waals surface area contributed by atoms with Gasteiger partial charge in [-0.1, -0.05) is 12.1 Å². The number of pyridine rings is 1. The van der Waals surface area contributed by atoms with Crippen molar-refractivity contribution in [2.24, 2.45) is 0 Å². The Morgan fingerprint density at radius 3 is 2.62 bits per heavy atom. The van der Waals surface area contributed by atoms with Gasteiger partial charge in [0.05, 0.1) is 10.9 Å². The van der Waals surface area contributed by atoms with Crippen LogP contribution in [0.4, 0.5) is 11.5 Å². The van der Waals surface area contributed by atoms with E-state index in [4.69, 9.17) is 10.8 Å². The number of nitrogens with two attached hydrogens (primary N) is 1. The number of aromatic amines is 1. The van der Waals surface area contributed by atoms with E-state index >= 15 is 0 Å². The van der Waals surface area contributed by atoms with Crippen LogP contribution in [0.25, 0.3) is 33.2 Å². The van der Waals surface area contributed by atoms with E-state index in [1.165, 1.54) is 6.33 Å². The zero-order chi connectivity index (χ0) is 22.5. The van der Waals surface area contributed by atoms with Crippen molar-refractivity contribution in [1.29, 1.82) is 0 Å². The molecular weight excluding hydrogens is 404 g/mol. The van der Waals surface area contributed by atoms with Crippen LogP contribution in [0, 0.1) is 0 Å². The highest BCUT2D eigenvalue weighted by Gasteiger charge is 2.24. The molecule has 0 unspecified atom stereocenters. The summed E-state index contributed by atoms with van der Waals surface area (Å²) in [5, 5.41) is 9.32. The van der Waals surface area contributed by atoms with Gasteiger partial charge in [0.15, 0.2) is 5.65 Å². The van der Waals surface area contributed by atoms with E-state index < -0.39 is 0 Å². The van der Waals surface area contributed by atoms with Crippen molar-refractivity contribution >= 4 is 39.3 Å². The third-order valence-electron chi connectivity index (χ3n) is 5.21. The molecule has 4 aromatic heterocycles. The summed E-state index contributed by atoms with van der Waals surface area (Å²) in [6.07, 6.45) is 4.71. The summed E-state index contributed by atoms with van der Waals surface area (Å²) in [7, 11) is 0. The maximum atomic E-state index is 12.7. The number of aromatic nitrogens is 6. The minimum absolute atomic E-state index is 0.228. The molecule has 0 fully saturated rings. The number of rotatable bonds is 3. The predicted molar refractivity (Wildman–Crippen MR) is 124 cm³/mol. The number of benzene rings is 1. The van der Waals surface area contributed by atoms with Crippen LogP contribution in [-0.2, 0) is 5.54 Å². The minimum atomic E-state index is -0.286. The van der Waals surface area contributed by atoms with Crippen LogP contribution in [0.1, 0.15) is 31.3 Å². The molecule has 0 aliphatic carbocycles. The maximum Gasteiger partial charge on any atom is 0.272 e. The molecule has 0 atom stereocenters. The van der Waals surface area contributed by atoms with Crippen LogP contribution in [-0.4, -0.2) is 35.6 Å². The molecule has 32 heavy (non-hydrogen) atoms.